The first-order chi connectivity index (χ1) is 12.6. The molecule has 1 aromatic carbocycles. The summed E-state index contributed by atoms with van der Waals surface area (Å²) in [5.41, 5.74) is 2.01. The second-order valence-corrected chi connectivity index (χ2v) is 5.43. The molecule has 26 heavy (non-hydrogen) atoms. The fourth-order valence-electron chi connectivity index (χ4n) is 2.28. The van der Waals surface area contributed by atoms with Crippen molar-refractivity contribution >= 4 is 23.7 Å². The number of para-hydroxylation sites is 1. The fraction of sp³-hybridized carbons (Fsp3) is 0.0526. The van der Waals surface area contributed by atoms with Crippen molar-refractivity contribution < 1.29 is 9.59 Å². The van der Waals surface area contributed by atoms with E-state index in [1.54, 1.807) is 55.9 Å². The van der Waals surface area contributed by atoms with Gasteiger partial charge in [-0.15, -0.1) is 0 Å². The van der Waals surface area contributed by atoms with E-state index >= 15 is 0 Å². The topological polar surface area (TPSA) is 90.5 Å². The minimum absolute atomic E-state index is 0.315. The van der Waals surface area contributed by atoms with E-state index in [9.17, 15) is 9.59 Å². The van der Waals surface area contributed by atoms with Crippen molar-refractivity contribution in [2.45, 2.75) is 0 Å². The van der Waals surface area contributed by atoms with E-state index in [1.807, 2.05) is 12.1 Å². The predicted molar refractivity (Wildman–Crippen MR) is 99.1 cm³/mol. The summed E-state index contributed by atoms with van der Waals surface area (Å²) < 4.78 is 0. The lowest BCUT2D eigenvalue weighted by Crippen LogP contribution is -2.23. The third kappa shape index (κ3) is 4.02. The molecule has 2 heterocycles. The van der Waals surface area contributed by atoms with Gasteiger partial charge in [-0.25, -0.2) is 5.01 Å². The normalized spacial score (nSPS) is 10.7. The summed E-state index contributed by atoms with van der Waals surface area (Å²) in [7, 11) is 1.56. The third-order valence-electron chi connectivity index (χ3n) is 3.63. The summed E-state index contributed by atoms with van der Waals surface area (Å²) >= 11 is 0. The summed E-state index contributed by atoms with van der Waals surface area (Å²) in [6.45, 7) is 0. The quantitative estimate of drug-likeness (QED) is 0.549. The lowest BCUT2D eigenvalue weighted by molar-refractivity contribution is 0.0801. The van der Waals surface area contributed by atoms with Crippen LogP contribution < -0.4 is 5.32 Å². The molecule has 130 valence electrons. The first-order valence-electron chi connectivity index (χ1n) is 7.91. The minimum atomic E-state index is -0.335. The van der Waals surface area contributed by atoms with Gasteiger partial charge in [-0.2, -0.15) is 5.10 Å². The monoisotopic (exact) mass is 347 g/mol. The molecule has 0 fully saturated rings. The number of pyridine rings is 1. The van der Waals surface area contributed by atoms with E-state index in [2.05, 4.69) is 20.4 Å². The molecule has 2 N–H and O–H groups in total. The van der Waals surface area contributed by atoms with Crippen LogP contribution in [0.2, 0.25) is 0 Å². The number of aromatic nitrogens is 2. The minimum Gasteiger partial charge on any atom is -0.360 e. The molecule has 0 saturated heterocycles. The maximum Gasteiger partial charge on any atom is 0.275 e. The van der Waals surface area contributed by atoms with Gasteiger partial charge in [-0.3, -0.25) is 14.6 Å². The second kappa shape index (κ2) is 7.89. The molecule has 3 rings (SSSR count). The summed E-state index contributed by atoms with van der Waals surface area (Å²) in [5.74, 6) is -0.649. The van der Waals surface area contributed by atoms with Gasteiger partial charge in [0.05, 0.1) is 23.2 Å². The molecule has 0 spiro atoms. The van der Waals surface area contributed by atoms with Gasteiger partial charge in [0.15, 0.2) is 0 Å². The van der Waals surface area contributed by atoms with Crippen molar-refractivity contribution in [2.24, 2.45) is 5.10 Å². The van der Waals surface area contributed by atoms with Gasteiger partial charge < -0.3 is 10.3 Å². The molecule has 2 amide bonds. The van der Waals surface area contributed by atoms with Crippen LogP contribution in [-0.4, -0.2) is 40.1 Å². The molecule has 7 heteroatoms. The molecule has 0 bridgehead atoms. The third-order valence-corrected chi connectivity index (χ3v) is 3.63. The zero-order chi connectivity index (χ0) is 18.4. The Hall–Kier alpha value is -3.74. The number of H-pyrrole nitrogens is 1. The smallest absolute Gasteiger partial charge is 0.275 e. The highest BCUT2D eigenvalue weighted by molar-refractivity contribution is 6.08. The number of rotatable bonds is 5. The maximum absolute atomic E-state index is 12.7. The zero-order valence-electron chi connectivity index (χ0n) is 14.1. The fourth-order valence-corrected chi connectivity index (χ4v) is 2.28. The number of hydrogen-bond donors (Lipinski definition) is 2. The molecule has 3 aromatic rings. The van der Waals surface area contributed by atoms with Gasteiger partial charge in [0.25, 0.3) is 11.8 Å². The van der Waals surface area contributed by atoms with Crippen molar-refractivity contribution in [1.82, 2.24) is 15.0 Å². The number of anilines is 1. The molecular formula is C19H17N5O2. The zero-order valence-corrected chi connectivity index (χ0v) is 14.1. The highest BCUT2D eigenvalue weighted by Crippen LogP contribution is 2.18. The van der Waals surface area contributed by atoms with Crippen LogP contribution in [0, 0.1) is 0 Å². The number of carbonyl (C=O) groups excluding carboxylic acids is 2. The Labute approximate surface area is 150 Å². The number of nitrogens with one attached hydrogen (secondary N) is 2. The Morgan fingerprint density at radius 1 is 1.12 bits per heavy atom. The van der Waals surface area contributed by atoms with Crippen molar-refractivity contribution in [3.05, 3.63) is 83.9 Å². The van der Waals surface area contributed by atoms with Crippen LogP contribution in [0.4, 0.5) is 5.69 Å². The standard InChI is InChI=1S/C19H17N5O2/c1-24(22-13-15-5-4-10-21-15)19(26)16-6-2-3-7-17(16)23-18(25)14-8-11-20-12-9-14/h2-13,21H,1H3,(H,23,25). The SMILES string of the molecule is CN(N=Cc1ccc[nH]1)C(=O)c1ccccc1NC(=O)c1ccncc1. The first-order valence-corrected chi connectivity index (χ1v) is 7.91. The number of carbonyl (C=O) groups is 2. The average molecular weight is 347 g/mol. The van der Waals surface area contributed by atoms with Crippen molar-refractivity contribution in [3.8, 4) is 0 Å². The van der Waals surface area contributed by atoms with Crippen LogP contribution in [0.5, 0.6) is 0 Å². The van der Waals surface area contributed by atoms with Crippen LogP contribution in [0.25, 0.3) is 0 Å². The Kier molecular flexibility index (Phi) is 5.19. The number of amides is 2. The first kappa shape index (κ1) is 17.1. The molecule has 0 atom stereocenters. The number of nitrogens with zero attached hydrogens (tertiary/aromatic N) is 3. The number of aromatic amines is 1. The van der Waals surface area contributed by atoms with Crippen LogP contribution >= 0.6 is 0 Å². The maximum atomic E-state index is 12.7. The van der Waals surface area contributed by atoms with E-state index in [1.165, 1.54) is 17.4 Å². The van der Waals surface area contributed by atoms with Gasteiger partial charge in [0.2, 0.25) is 0 Å². The molecule has 0 radical (unpaired) electrons. The summed E-state index contributed by atoms with van der Waals surface area (Å²) in [6, 6.07) is 13.7. The lowest BCUT2D eigenvalue weighted by Gasteiger charge is -2.14. The predicted octanol–water partition coefficient (Wildman–Crippen LogP) is 2.77. The molecular weight excluding hydrogens is 330 g/mol. The highest BCUT2D eigenvalue weighted by atomic mass is 16.2. The van der Waals surface area contributed by atoms with Crippen molar-refractivity contribution in [3.63, 3.8) is 0 Å². The molecule has 0 unspecified atom stereocenters. The summed E-state index contributed by atoms with van der Waals surface area (Å²) in [4.78, 5) is 31.9. The molecule has 0 aliphatic carbocycles. The Bertz CT molecular complexity index is 920. The number of hydrogen-bond acceptors (Lipinski definition) is 4. The summed E-state index contributed by atoms with van der Waals surface area (Å²) in [5, 5.41) is 8.11. The van der Waals surface area contributed by atoms with Crippen molar-refractivity contribution in [2.75, 3.05) is 12.4 Å². The number of benzene rings is 1. The Morgan fingerprint density at radius 2 is 1.88 bits per heavy atom. The number of hydrazone groups is 1. The van der Waals surface area contributed by atoms with Crippen LogP contribution in [0.15, 0.2) is 72.2 Å². The van der Waals surface area contributed by atoms with Crippen LogP contribution in [0.3, 0.4) is 0 Å². The molecule has 0 aliphatic rings. The van der Waals surface area contributed by atoms with E-state index in [4.69, 9.17) is 0 Å². The van der Waals surface area contributed by atoms with Crippen LogP contribution in [0.1, 0.15) is 26.4 Å². The lowest BCUT2D eigenvalue weighted by atomic mass is 10.1. The highest BCUT2D eigenvalue weighted by Gasteiger charge is 2.17. The van der Waals surface area contributed by atoms with E-state index in [0.717, 1.165) is 5.69 Å². The van der Waals surface area contributed by atoms with Gasteiger partial charge in [0.1, 0.15) is 0 Å². The largest absolute Gasteiger partial charge is 0.360 e. The average Bonchev–Trinajstić information content (AvgIpc) is 3.20. The van der Waals surface area contributed by atoms with E-state index in [-0.39, 0.29) is 11.8 Å². The van der Waals surface area contributed by atoms with Gasteiger partial charge in [0, 0.05) is 31.2 Å². The molecule has 7 nitrogen and oxygen atoms in total. The van der Waals surface area contributed by atoms with Crippen molar-refractivity contribution in [1.29, 1.82) is 0 Å². The molecule has 0 saturated carbocycles. The van der Waals surface area contributed by atoms with E-state index < -0.39 is 0 Å². The molecule has 0 aliphatic heterocycles. The summed E-state index contributed by atoms with van der Waals surface area (Å²) in [6.07, 6.45) is 6.40. The van der Waals surface area contributed by atoms with Gasteiger partial charge >= 0.3 is 0 Å². The Morgan fingerprint density at radius 3 is 2.62 bits per heavy atom. The van der Waals surface area contributed by atoms with Gasteiger partial charge in [-0.1, -0.05) is 12.1 Å². The van der Waals surface area contributed by atoms with Crippen LogP contribution in [-0.2, 0) is 0 Å². The second-order valence-electron chi connectivity index (χ2n) is 5.43. The van der Waals surface area contributed by atoms with E-state index in [0.29, 0.717) is 16.8 Å². The van der Waals surface area contributed by atoms with Gasteiger partial charge in [-0.05, 0) is 36.4 Å². The Balaban J connectivity index is 1.78. The molecule has 2 aromatic heterocycles.